The average Bonchev–Trinajstić information content (AvgIpc) is 3.08. The Balaban J connectivity index is 1.76. The lowest BCUT2D eigenvalue weighted by Gasteiger charge is -2.31. The van der Waals surface area contributed by atoms with Crippen LogP contribution in [0.2, 0.25) is 0 Å². The summed E-state index contributed by atoms with van der Waals surface area (Å²) in [4.78, 5) is 36.1. The zero-order valence-corrected chi connectivity index (χ0v) is 11.6. The van der Waals surface area contributed by atoms with Crippen LogP contribution in [0.5, 0.6) is 0 Å². The van der Waals surface area contributed by atoms with Crippen molar-refractivity contribution in [3.63, 3.8) is 0 Å². The summed E-state index contributed by atoms with van der Waals surface area (Å²) in [5.74, 6) is -1.06. The molecule has 0 aromatic rings. The fourth-order valence-electron chi connectivity index (χ4n) is 2.42. The van der Waals surface area contributed by atoms with Gasteiger partial charge in [-0.05, 0) is 32.6 Å². The van der Waals surface area contributed by atoms with Crippen molar-refractivity contribution in [2.75, 3.05) is 13.1 Å². The molecule has 0 aromatic heterocycles. The molecule has 0 aromatic carbocycles. The molecule has 0 bridgehead atoms. The van der Waals surface area contributed by atoms with Gasteiger partial charge in [0.1, 0.15) is 5.54 Å². The minimum Gasteiger partial charge on any atom is -0.480 e. The number of nitrogens with one attached hydrogen (secondary N) is 2. The summed E-state index contributed by atoms with van der Waals surface area (Å²) in [6, 6.07) is -0.0984. The van der Waals surface area contributed by atoms with E-state index in [0.717, 1.165) is 12.8 Å². The van der Waals surface area contributed by atoms with Crippen molar-refractivity contribution in [1.82, 2.24) is 15.5 Å². The van der Waals surface area contributed by atoms with Crippen molar-refractivity contribution in [1.29, 1.82) is 0 Å². The summed E-state index contributed by atoms with van der Waals surface area (Å²) >= 11 is 0. The highest BCUT2D eigenvalue weighted by atomic mass is 16.4. The van der Waals surface area contributed by atoms with Crippen LogP contribution in [0.4, 0.5) is 4.79 Å². The van der Waals surface area contributed by atoms with E-state index >= 15 is 0 Å². The average molecular weight is 283 g/mol. The highest BCUT2D eigenvalue weighted by Crippen LogP contribution is 2.29. The number of urea groups is 1. The molecule has 0 spiro atoms. The highest BCUT2D eigenvalue weighted by molar-refractivity contribution is 5.87. The minimum atomic E-state index is -1.14. The molecule has 2 rings (SSSR count). The van der Waals surface area contributed by atoms with E-state index < -0.39 is 17.5 Å². The highest BCUT2D eigenvalue weighted by Gasteiger charge is 2.45. The summed E-state index contributed by atoms with van der Waals surface area (Å²) in [5, 5.41) is 14.7. The molecule has 2 aliphatic rings. The van der Waals surface area contributed by atoms with Gasteiger partial charge in [0.05, 0.1) is 0 Å². The van der Waals surface area contributed by atoms with Crippen LogP contribution in [0.25, 0.3) is 0 Å². The van der Waals surface area contributed by atoms with Gasteiger partial charge in [-0.1, -0.05) is 0 Å². The van der Waals surface area contributed by atoms with E-state index in [0.29, 0.717) is 25.4 Å². The second kappa shape index (κ2) is 5.68. The number of carboxylic acids is 1. The smallest absolute Gasteiger partial charge is 0.329 e. The van der Waals surface area contributed by atoms with Gasteiger partial charge in [0, 0.05) is 25.6 Å². The first-order chi connectivity index (χ1) is 9.43. The molecule has 1 atom stereocenters. The molecule has 1 saturated carbocycles. The first-order valence-electron chi connectivity index (χ1n) is 7.02. The zero-order chi connectivity index (χ0) is 14.8. The zero-order valence-electron chi connectivity index (χ0n) is 11.6. The normalized spacial score (nSPS) is 25.4. The monoisotopic (exact) mass is 283 g/mol. The van der Waals surface area contributed by atoms with Crippen LogP contribution in [0, 0.1) is 0 Å². The SMILES string of the molecule is CC1(C(=O)O)CCCN1C(=O)NCCC(=O)NC1CC1. The molecule has 3 N–H and O–H groups in total. The summed E-state index contributed by atoms with van der Waals surface area (Å²) in [5.41, 5.74) is -1.14. The van der Waals surface area contributed by atoms with Crippen molar-refractivity contribution in [3.05, 3.63) is 0 Å². The Morgan fingerprint density at radius 3 is 2.65 bits per heavy atom. The van der Waals surface area contributed by atoms with Gasteiger partial charge < -0.3 is 20.6 Å². The third kappa shape index (κ3) is 3.20. The molecule has 7 heteroatoms. The minimum absolute atomic E-state index is 0.0739. The summed E-state index contributed by atoms with van der Waals surface area (Å²) in [7, 11) is 0. The predicted octanol–water partition coefficient (Wildman–Crippen LogP) is 0.304. The first-order valence-corrected chi connectivity index (χ1v) is 7.02. The number of carbonyl (C=O) groups is 3. The number of aliphatic carboxylic acids is 1. The van der Waals surface area contributed by atoms with E-state index in [9.17, 15) is 19.5 Å². The summed E-state index contributed by atoms with van der Waals surface area (Å²) in [6.45, 7) is 2.22. The van der Waals surface area contributed by atoms with E-state index in [2.05, 4.69) is 10.6 Å². The van der Waals surface area contributed by atoms with Crippen molar-refractivity contribution >= 4 is 17.9 Å². The van der Waals surface area contributed by atoms with Gasteiger partial charge in [0.2, 0.25) is 5.91 Å². The quantitative estimate of drug-likeness (QED) is 0.676. The molecule has 2 fully saturated rings. The number of amides is 3. The maximum atomic E-state index is 12.0. The van der Waals surface area contributed by atoms with Crippen LogP contribution in [-0.2, 0) is 9.59 Å². The lowest BCUT2D eigenvalue weighted by Crippen LogP contribution is -2.54. The van der Waals surface area contributed by atoms with E-state index in [1.54, 1.807) is 6.92 Å². The first kappa shape index (κ1) is 14.6. The summed E-state index contributed by atoms with van der Waals surface area (Å²) in [6.07, 6.45) is 3.42. The Morgan fingerprint density at radius 2 is 2.05 bits per heavy atom. The van der Waals surface area contributed by atoms with Gasteiger partial charge in [-0.2, -0.15) is 0 Å². The number of hydrogen-bond acceptors (Lipinski definition) is 3. The van der Waals surface area contributed by atoms with Crippen molar-refractivity contribution in [3.8, 4) is 0 Å². The fraction of sp³-hybridized carbons (Fsp3) is 0.769. The Hall–Kier alpha value is -1.79. The van der Waals surface area contributed by atoms with Crippen LogP contribution >= 0.6 is 0 Å². The van der Waals surface area contributed by atoms with E-state index in [1.807, 2.05) is 0 Å². The molecule has 1 aliphatic carbocycles. The maximum Gasteiger partial charge on any atom is 0.329 e. The van der Waals surface area contributed by atoms with Crippen molar-refractivity contribution < 1.29 is 19.5 Å². The standard InChI is InChI=1S/C13H21N3O4/c1-13(11(18)19)6-2-8-16(13)12(20)14-7-5-10(17)15-9-3-4-9/h9H,2-8H2,1H3,(H,14,20)(H,15,17)(H,18,19). The third-order valence-electron chi connectivity index (χ3n) is 3.92. The molecule has 3 amide bonds. The molecule has 20 heavy (non-hydrogen) atoms. The van der Waals surface area contributed by atoms with Crippen molar-refractivity contribution in [2.24, 2.45) is 0 Å². The molecule has 7 nitrogen and oxygen atoms in total. The van der Waals surface area contributed by atoms with Gasteiger partial charge >= 0.3 is 12.0 Å². The maximum absolute atomic E-state index is 12.0. The van der Waals surface area contributed by atoms with Crippen LogP contribution in [0.3, 0.4) is 0 Å². The third-order valence-corrected chi connectivity index (χ3v) is 3.92. The van der Waals surface area contributed by atoms with Crippen molar-refractivity contribution in [2.45, 2.75) is 50.6 Å². The molecule has 0 radical (unpaired) electrons. The van der Waals surface area contributed by atoms with Crippen LogP contribution in [0.15, 0.2) is 0 Å². The number of nitrogens with zero attached hydrogens (tertiary/aromatic N) is 1. The van der Waals surface area contributed by atoms with Crippen LogP contribution in [-0.4, -0.2) is 52.6 Å². The molecular weight excluding hydrogens is 262 g/mol. The van der Waals surface area contributed by atoms with E-state index in [1.165, 1.54) is 4.90 Å². The number of rotatable bonds is 5. The lowest BCUT2D eigenvalue weighted by molar-refractivity contribution is -0.147. The Bertz CT molecular complexity index is 422. The second-order valence-corrected chi connectivity index (χ2v) is 5.66. The number of likely N-dealkylation sites (tertiary alicyclic amines) is 1. The lowest BCUT2D eigenvalue weighted by atomic mass is 10.00. The second-order valence-electron chi connectivity index (χ2n) is 5.66. The van der Waals surface area contributed by atoms with Crippen LogP contribution < -0.4 is 10.6 Å². The molecule has 1 unspecified atom stereocenters. The largest absolute Gasteiger partial charge is 0.480 e. The topological polar surface area (TPSA) is 98.7 Å². The van der Waals surface area contributed by atoms with Gasteiger partial charge in [0.25, 0.3) is 0 Å². The molecule has 1 aliphatic heterocycles. The van der Waals surface area contributed by atoms with Gasteiger partial charge in [-0.25, -0.2) is 9.59 Å². The predicted molar refractivity (Wildman–Crippen MR) is 71.2 cm³/mol. The molecule has 1 heterocycles. The Morgan fingerprint density at radius 1 is 1.35 bits per heavy atom. The fourth-order valence-corrected chi connectivity index (χ4v) is 2.42. The Kier molecular flexibility index (Phi) is 4.15. The molecular formula is C13H21N3O4. The number of carboxylic acid groups (broad SMARTS) is 1. The molecule has 112 valence electrons. The number of carbonyl (C=O) groups excluding carboxylic acids is 2. The van der Waals surface area contributed by atoms with Crippen LogP contribution in [0.1, 0.15) is 39.0 Å². The van der Waals surface area contributed by atoms with E-state index in [-0.39, 0.29) is 18.9 Å². The molecule has 1 saturated heterocycles. The number of hydrogen-bond donors (Lipinski definition) is 3. The summed E-state index contributed by atoms with van der Waals surface area (Å²) < 4.78 is 0. The van der Waals surface area contributed by atoms with E-state index in [4.69, 9.17) is 0 Å². The van der Waals surface area contributed by atoms with Gasteiger partial charge in [-0.15, -0.1) is 0 Å². The Labute approximate surface area is 117 Å². The van der Waals surface area contributed by atoms with Gasteiger partial charge in [0.15, 0.2) is 0 Å². The van der Waals surface area contributed by atoms with Gasteiger partial charge in [-0.3, -0.25) is 4.79 Å².